The summed E-state index contributed by atoms with van der Waals surface area (Å²) < 4.78 is 6.61. The van der Waals surface area contributed by atoms with Gasteiger partial charge in [-0.1, -0.05) is 108 Å². The van der Waals surface area contributed by atoms with E-state index in [2.05, 4.69) is 90.9 Å². The van der Waals surface area contributed by atoms with Crippen molar-refractivity contribution in [3.63, 3.8) is 0 Å². The molecule has 0 aliphatic rings. The topological polar surface area (TPSA) is 29.5 Å². The van der Waals surface area contributed by atoms with Gasteiger partial charge in [-0.15, -0.1) is 0 Å². The molecule has 0 aromatic heterocycles. The quantitative estimate of drug-likeness (QED) is 0.310. The van der Waals surface area contributed by atoms with Crippen LogP contribution in [0.2, 0.25) is 0 Å². The fourth-order valence-electron chi connectivity index (χ4n) is 4.42. The van der Waals surface area contributed by atoms with E-state index in [-0.39, 0.29) is 16.6 Å². The van der Waals surface area contributed by atoms with E-state index in [1.54, 1.807) is 6.07 Å². The zero-order chi connectivity index (χ0) is 26.1. The summed E-state index contributed by atoms with van der Waals surface area (Å²) >= 11 is 0. The molecular formula is C34H38O2. The van der Waals surface area contributed by atoms with Crippen LogP contribution in [0.5, 0.6) is 11.5 Å². The van der Waals surface area contributed by atoms with Crippen molar-refractivity contribution >= 4 is 0 Å². The predicted octanol–water partition coefficient (Wildman–Crippen LogP) is 9.21. The zero-order valence-electron chi connectivity index (χ0n) is 22.6. The molecule has 0 atom stereocenters. The Morgan fingerprint density at radius 3 is 1.78 bits per heavy atom. The first-order valence-electron chi connectivity index (χ1n) is 12.7. The average Bonchev–Trinajstić information content (AvgIpc) is 2.82. The van der Waals surface area contributed by atoms with Crippen LogP contribution < -0.4 is 4.74 Å². The first kappa shape index (κ1) is 25.6. The molecule has 0 spiro atoms. The SMILES string of the molecule is Cc1cc(-c2cc(C(C)(C)C)cc(C(C)(C)C)c2)c(OCc2ccccc2)c(-c2ccccc2O)c1. The van der Waals surface area contributed by atoms with Crippen LogP contribution in [0.1, 0.15) is 63.8 Å². The summed E-state index contributed by atoms with van der Waals surface area (Å²) in [6.45, 7) is 16.1. The van der Waals surface area contributed by atoms with Crippen LogP contribution >= 0.6 is 0 Å². The summed E-state index contributed by atoms with van der Waals surface area (Å²) in [6.07, 6.45) is 0. The predicted molar refractivity (Wildman–Crippen MR) is 152 cm³/mol. The van der Waals surface area contributed by atoms with E-state index in [0.29, 0.717) is 6.61 Å². The average molecular weight is 479 g/mol. The lowest BCUT2D eigenvalue weighted by Gasteiger charge is -2.27. The van der Waals surface area contributed by atoms with E-state index in [1.165, 1.54) is 11.1 Å². The molecule has 2 heteroatoms. The number of hydrogen-bond donors (Lipinski definition) is 1. The Morgan fingerprint density at radius 1 is 0.639 bits per heavy atom. The smallest absolute Gasteiger partial charge is 0.135 e. The second kappa shape index (κ2) is 9.85. The van der Waals surface area contributed by atoms with Gasteiger partial charge in [-0.2, -0.15) is 0 Å². The Morgan fingerprint density at radius 2 is 1.19 bits per heavy atom. The van der Waals surface area contributed by atoms with Gasteiger partial charge in [0.25, 0.3) is 0 Å². The van der Waals surface area contributed by atoms with Gasteiger partial charge in [0, 0.05) is 16.7 Å². The number of aryl methyl sites for hydroxylation is 1. The minimum Gasteiger partial charge on any atom is -0.507 e. The standard InChI is InChI=1S/C34H38O2/c1-23-17-29(25-19-26(33(2,3)4)21-27(20-25)34(5,6)7)32(36-22-24-13-9-8-10-14-24)30(18-23)28-15-11-12-16-31(28)35/h8-21,35H,22H2,1-7H3. The lowest BCUT2D eigenvalue weighted by Crippen LogP contribution is -2.16. The Balaban J connectivity index is 1.98. The summed E-state index contributed by atoms with van der Waals surface area (Å²) in [5.41, 5.74) is 8.67. The maximum absolute atomic E-state index is 10.8. The van der Waals surface area contributed by atoms with E-state index in [9.17, 15) is 5.11 Å². The van der Waals surface area contributed by atoms with Crippen molar-refractivity contribution in [1.82, 2.24) is 0 Å². The molecule has 0 bridgehead atoms. The first-order valence-corrected chi connectivity index (χ1v) is 12.7. The van der Waals surface area contributed by atoms with Crippen LogP contribution in [-0.2, 0) is 17.4 Å². The summed E-state index contributed by atoms with van der Waals surface area (Å²) in [6, 6.07) is 29.0. The summed E-state index contributed by atoms with van der Waals surface area (Å²) in [4.78, 5) is 0. The molecule has 2 nitrogen and oxygen atoms in total. The van der Waals surface area contributed by atoms with E-state index >= 15 is 0 Å². The monoisotopic (exact) mass is 478 g/mol. The molecule has 0 saturated heterocycles. The van der Waals surface area contributed by atoms with Crippen LogP contribution in [0.25, 0.3) is 22.3 Å². The highest BCUT2D eigenvalue weighted by Crippen LogP contribution is 2.45. The van der Waals surface area contributed by atoms with Gasteiger partial charge in [0.15, 0.2) is 0 Å². The molecule has 4 aromatic carbocycles. The molecule has 0 amide bonds. The van der Waals surface area contributed by atoms with Crippen molar-refractivity contribution in [2.24, 2.45) is 0 Å². The van der Waals surface area contributed by atoms with Crippen molar-refractivity contribution in [3.05, 3.63) is 107 Å². The first-order chi connectivity index (χ1) is 16.9. The molecule has 186 valence electrons. The number of rotatable bonds is 5. The molecule has 36 heavy (non-hydrogen) atoms. The fraction of sp³-hybridized carbons (Fsp3) is 0.294. The van der Waals surface area contributed by atoms with Gasteiger partial charge in [0.1, 0.15) is 18.1 Å². The number of hydrogen-bond acceptors (Lipinski definition) is 2. The summed E-state index contributed by atoms with van der Waals surface area (Å²) in [7, 11) is 0. The van der Waals surface area contributed by atoms with Gasteiger partial charge in [-0.25, -0.2) is 0 Å². The Hall–Kier alpha value is -3.52. The maximum atomic E-state index is 10.8. The number of phenols is 1. The molecule has 0 aliphatic carbocycles. The van der Waals surface area contributed by atoms with Gasteiger partial charge < -0.3 is 9.84 Å². The highest BCUT2D eigenvalue weighted by molar-refractivity contribution is 5.86. The molecule has 4 aromatic rings. The molecule has 0 unspecified atom stereocenters. The Bertz CT molecular complexity index is 1320. The molecule has 4 rings (SSSR count). The molecular weight excluding hydrogens is 440 g/mol. The van der Waals surface area contributed by atoms with Gasteiger partial charge in [-0.05, 0) is 63.8 Å². The number of para-hydroxylation sites is 1. The van der Waals surface area contributed by atoms with Gasteiger partial charge in [-0.3, -0.25) is 0 Å². The van der Waals surface area contributed by atoms with Crippen LogP contribution in [0, 0.1) is 6.92 Å². The normalized spacial score (nSPS) is 12.0. The van der Waals surface area contributed by atoms with Crippen molar-refractivity contribution in [1.29, 1.82) is 0 Å². The van der Waals surface area contributed by atoms with E-state index in [0.717, 1.165) is 39.1 Å². The molecule has 0 heterocycles. The van der Waals surface area contributed by atoms with E-state index < -0.39 is 0 Å². The summed E-state index contributed by atoms with van der Waals surface area (Å²) in [5.74, 6) is 1.04. The van der Waals surface area contributed by atoms with Crippen molar-refractivity contribution in [2.45, 2.75) is 65.9 Å². The zero-order valence-corrected chi connectivity index (χ0v) is 22.6. The number of ether oxygens (including phenoxy) is 1. The van der Waals surface area contributed by atoms with Crippen molar-refractivity contribution in [2.75, 3.05) is 0 Å². The Labute approximate surface area is 216 Å². The van der Waals surface area contributed by atoms with Crippen LogP contribution in [0.15, 0.2) is 84.9 Å². The minimum absolute atomic E-state index is 0.00538. The lowest BCUT2D eigenvalue weighted by molar-refractivity contribution is 0.308. The number of aromatic hydroxyl groups is 1. The highest BCUT2D eigenvalue weighted by Gasteiger charge is 2.23. The second-order valence-electron chi connectivity index (χ2n) is 11.8. The van der Waals surface area contributed by atoms with Gasteiger partial charge in [0.2, 0.25) is 0 Å². The molecule has 0 fully saturated rings. The number of phenolic OH excluding ortho intramolecular Hbond substituents is 1. The third-order valence-electron chi connectivity index (χ3n) is 6.63. The van der Waals surface area contributed by atoms with Gasteiger partial charge >= 0.3 is 0 Å². The van der Waals surface area contributed by atoms with Crippen LogP contribution in [0.4, 0.5) is 0 Å². The highest BCUT2D eigenvalue weighted by atomic mass is 16.5. The molecule has 0 saturated carbocycles. The third-order valence-corrected chi connectivity index (χ3v) is 6.63. The summed E-state index contributed by atoms with van der Waals surface area (Å²) in [5, 5.41) is 10.8. The van der Waals surface area contributed by atoms with Crippen molar-refractivity contribution in [3.8, 4) is 33.8 Å². The van der Waals surface area contributed by atoms with E-state index in [1.807, 2.05) is 36.4 Å². The lowest BCUT2D eigenvalue weighted by atomic mass is 9.78. The second-order valence-corrected chi connectivity index (χ2v) is 11.8. The Kier molecular flexibility index (Phi) is 7.00. The molecule has 0 aliphatic heterocycles. The minimum atomic E-state index is 0.00538. The maximum Gasteiger partial charge on any atom is 0.135 e. The van der Waals surface area contributed by atoms with E-state index in [4.69, 9.17) is 4.74 Å². The fourth-order valence-corrected chi connectivity index (χ4v) is 4.42. The third kappa shape index (κ3) is 5.65. The van der Waals surface area contributed by atoms with Crippen LogP contribution in [0.3, 0.4) is 0 Å². The van der Waals surface area contributed by atoms with Gasteiger partial charge in [0.05, 0.1) is 0 Å². The number of benzene rings is 4. The largest absolute Gasteiger partial charge is 0.507 e. The van der Waals surface area contributed by atoms with Crippen LogP contribution in [-0.4, -0.2) is 5.11 Å². The molecule has 0 radical (unpaired) electrons. The van der Waals surface area contributed by atoms with Crippen molar-refractivity contribution < 1.29 is 9.84 Å². The molecule has 1 N–H and O–H groups in total.